The van der Waals surface area contributed by atoms with Crippen molar-refractivity contribution in [3.8, 4) is 0 Å². The average molecular weight is 481 g/mol. The second kappa shape index (κ2) is 8.88. The molecule has 34 heavy (non-hydrogen) atoms. The SMILES string of the molecule is CCC1=C(C(=O)NC(C)C)c2n[nH]c(C(F)(F)F)c2C(C)(C)CN1C(=O)c1ccc(F)c(C)c1. The van der Waals surface area contributed by atoms with Crippen molar-refractivity contribution in [2.75, 3.05) is 6.54 Å². The number of halogens is 4. The van der Waals surface area contributed by atoms with Gasteiger partial charge in [0, 0.05) is 34.8 Å². The van der Waals surface area contributed by atoms with Crippen LogP contribution in [0.4, 0.5) is 17.6 Å². The number of carbonyl (C=O) groups is 2. The molecule has 2 heterocycles. The molecule has 0 saturated carbocycles. The average Bonchev–Trinajstić information content (AvgIpc) is 3.14. The molecule has 1 aromatic carbocycles. The van der Waals surface area contributed by atoms with E-state index < -0.39 is 34.9 Å². The van der Waals surface area contributed by atoms with Crippen LogP contribution in [-0.4, -0.2) is 39.5 Å². The van der Waals surface area contributed by atoms with Crippen LogP contribution in [0.3, 0.4) is 0 Å². The Morgan fingerprint density at radius 1 is 1.26 bits per heavy atom. The number of carbonyl (C=O) groups excluding carboxylic acids is 2. The molecule has 1 aromatic heterocycles. The van der Waals surface area contributed by atoms with E-state index in [9.17, 15) is 27.2 Å². The first-order chi connectivity index (χ1) is 15.7. The van der Waals surface area contributed by atoms with Crippen molar-refractivity contribution in [1.29, 1.82) is 0 Å². The van der Waals surface area contributed by atoms with E-state index in [-0.39, 0.29) is 52.7 Å². The fourth-order valence-corrected chi connectivity index (χ4v) is 4.30. The molecule has 0 radical (unpaired) electrons. The lowest BCUT2D eigenvalue weighted by molar-refractivity contribution is -0.142. The molecule has 0 bridgehead atoms. The van der Waals surface area contributed by atoms with Crippen LogP contribution < -0.4 is 5.32 Å². The lowest BCUT2D eigenvalue weighted by Gasteiger charge is -2.33. The quantitative estimate of drug-likeness (QED) is 0.608. The molecule has 0 fully saturated rings. The number of hydrogen-bond donors (Lipinski definition) is 2. The minimum atomic E-state index is -4.74. The van der Waals surface area contributed by atoms with E-state index in [2.05, 4.69) is 15.5 Å². The van der Waals surface area contributed by atoms with E-state index in [4.69, 9.17) is 0 Å². The van der Waals surface area contributed by atoms with Crippen LogP contribution in [0.15, 0.2) is 23.9 Å². The van der Waals surface area contributed by atoms with Crippen LogP contribution >= 0.6 is 0 Å². The summed E-state index contributed by atoms with van der Waals surface area (Å²) in [6.45, 7) is 9.68. The molecule has 0 atom stereocenters. The lowest BCUT2D eigenvalue weighted by Crippen LogP contribution is -2.40. The van der Waals surface area contributed by atoms with E-state index in [0.29, 0.717) is 0 Å². The Morgan fingerprint density at radius 2 is 1.91 bits per heavy atom. The molecule has 6 nitrogen and oxygen atoms in total. The number of nitrogens with one attached hydrogen (secondary N) is 2. The zero-order valence-corrected chi connectivity index (χ0v) is 19.9. The van der Waals surface area contributed by atoms with Crippen molar-refractivity contribution < 1.29 is 27.2 Å². The van der Waals surface area contributed by atoms with Crippen molar-refractivity contribution in [3.05, 3.63) is 57.8 Å². The zero-order chi connectivity index (χ0) is 25.6. The predicted octanol–water partition coefficient (Wildman–Crippen LogP) is 4.96. The van der Waals surface area contributed by atoms with Gasteiger partial charge in [-0.3, -0.25) is 14.7 Å². The third-order valence-electron chi connectivity index (χ3n) is 5.76. The molecular formula is C24H28F4N4O2. The van der Waals surface area contributed by atoms with Gasteiger partial charge >= 0.3 is 6.18 Å². The fraction of sp³-hybridized carbons (Fsp3) is 0.458. The second-order valence-electron chi connectivity index (χ2n) is 9.36. The molecular weight excluding hydrogens is 452 g/mol. The Labute approximate surface area is 195 Å². The van der Waals surface area contributed by atoms with E-state index in [0.717, 1.165) is 0 Å². The number of alkyl halides is 3. The molecule has 0 spiro atoms. The highest BCUT2D eigenvalue weighted by molar-refractivity contribution is 6.21. The minimum Gasteiger partial charge on any atom is -0.350 e. The number of aromatic nitrogens is 2. The van der Waals surface area contributed by atoms with Gasteiger partial charge in [-0.25, -0.2) is 4.39 Å². The third-order valence-corrected chi connectivity index (χ3v) is 5.76. The van der Waals surface area contributed by atoms with Crippen LogP contribution in [-0.2, 0) is 16.4 Å². The number of benzene rings is 1. The van der Waals surface area contributed by atoms with Crippen LogP contribution in [0.5, 0.6) is 0 Å². The van der Waals surface area contributed by atoms with Crippen molar-refractivity contribution in [3.63, 3.8) is 0 Å². The van der Waals surface area contributed by atoms with E-state index >= 15 is 0 Å². The highest BCUT2D eigenvalue weighted by Gasteiger charge is 2.47. The van der Waals surface area contributed by atoms with E-state index in [1.54, 1.807) is 34.6 Å². The molecule has 1 aliphatic heterocycles. The minimum absolute atomic E-state index is 0.0873. The third kappa shape index (κ3) is 4.58. The maximum absolute atomic E-state index is 13.9. The number of fused-ring (bicyclic) bond motifs is 1. The summed E-state index contributed by atoms with van der Waals surface area (Å²) < 4.78 is 55.5. The molecule has 2 N–H and O–H groups in total. The van der Waals surface area contributed by atoms with Crippen LogP contribution in [0.2, 0.25) is 0 Å². The Bertz CT molecular complexity index is 1160. The fourth-order valence-electron chi connectivity index (χ4n) is 4.30. The first kappa shape index (κ1) is 25.5. The molecule has 10 heteroatoms. The standard InChI is InChI=1S/C24H28F4N4O2/c1-7-16-17(21(33)29-12(2)3)19-18(20(31-30-19)24(26,27)28)23(5,6)11-32(16)22(34)14-8-9-15(25)13(4)10-14/h8-10,12H,7,11H2,1-6H3,(H,29,33)(H,30,31). The zero-order valence-electron chi connectivity index (χ0n) is 19.9. The highest BCUT2D eigenvalue weighted by Crippen LogP contribution is 2.44. The highest BCUT2D eigenvalue weighted by atomic mass is 19.4. The lowest BCUT2D eigenvalue weighted by atomic mass is 9.81. The number of aromatic amines is 1. The molecule has 0 aliphatic carbocycles. The Balaban J connectivity index is 2.31. The van der Waals surface area contributed by atoms with E-state index in [1.165, 1.54) is 30.0 Å². The Morgan fingerprint density at radius 3 is 2.44 bits per heavy atom. The Hall–Kier alpha value is -3.17. The smallest absolute Gasteiger partial charge is 0.350 e. The van der Waals surface area contributed by atoms with Gasteiger partial charge in [-0.2, -0.15) is 18.3 Å². The van der Waals surface area contributed by atoms with Gasteiger partial charge in [-0.1, -0.05) is 20.8 Å². The first-order valence-electron chi connectivity index (χ1n) is 11.0. The first-order valence-corrected chi connectivity index (χ1v) is 11.0. The largest absolute Gasteiger partial charge is 0.433 e. The number of H-pyrrole nitrogens is 1. The summed E-state index contributed by atoms with van der Waals surface area (Å²) in [6, 6.07) is 3.57. The van der Waals surface area contributed by atoms with Gasteiger partial charge in [0.2, 0.25) is 0 Å². The summed E-state index contributed by atoms with van der Waals surface area (Å²) >= 11 is 0. The summed E-state index contributed by atoms with van der Waals surface area (Å²) in [5.41, 5.74) is -1.99. The summed E-state index contributed by atoms with van der Waals surface area (Å²) in [5.74, 6) is -1.64. The van der Waals surface area contributed by atoms with Gasteiger partial charge in [0.15, 0.2) is 0 Å². The predicted molar refractivity (Wildman–Crippen MR) is 119 cm³/mol. The summed E-state index contributed by atoms with van der Waals surface area (Å²) in [4.78, 5) is 28.2. The summed E-state index contributed by atoms with van der Waals surface area (Å²) in [5, 5.41) is 8.72. The number of hydrogen-bond acceptors (Lipinski definition) is 3. The molecule has 2 aromatic rings. The topological polar surface area (TPSA) is 78.1 Å². The van der Waals surface area contributed by atoms with Crippen molar-refractivity contribution in [2.24, 2.45) is 0 Å². The van der Waals surface area contributed by atoms with E-state index in [1.807, 2.05) is 0 Å². The van der Waals surface area contributed by atoms with Crippen molar-refractivity contribution in [2.45, 2.75) is 65.6 Å². The van der Waals surface area contributed by atoms with Gasteiger partial charge in [0.05, 0.1) is 5.57 Å². The number of amides is 2. The maximum atomic E-state index is 13.9. The molecule has 3 rings (SSSR count). The van der Waals surface area contributed by atoms with Crippen LogP contribution in [0.1, 0.15) is 73.9 Å². The van der Waals surface area contributed by atoms with Gasteiger partial charge in [0.1, 0.15) is 17.2 Å². The second-order valence-corrected chi connectivity index (χ2v) is 9.36. The van der Waals surface area contributed by atoms with Crippen LogP contribution in [0, 0.1) is 12.7 Å². The molecule has 1 aliphatic rings. The normalized spacial score (nSPS) is 15.9. The van der Waals surface area contributed by atoms with Gasteiger partial charge < -0.3 is 10.2 Å². The van der Waals surface area contributed by atoms with Crippen molar-refractivity contribution >= 4 is 17.4 Å². The van der Waals surface area contributed by atoms with Crippen molar-refractivity contribution in [1.82, 2.24) is 20.4 Å². The summed E-state index contributed by atoms with van der Waals surface area (Å²) in [6.07, 6.45) is -4.56. The monoisotopic (exact) mass is 480 g/mol. The maximum Gasteiger partial charge on any atom is 0.433 e. The van der Waals surface area contributed by atoms with Gasteiger partial charge in [-0.15, -0.1) is 0 Å². The number of allylic oxidation sites excluding steroid dienone is 1. The molecule has 0 unspecified atom stereocenters. The molecule has 2 amide bonds. The summed E-state index contributed by atoms with van der Waals surface area (Å²) in [7, 11) is 0. The molecule has 0 saturated heterocycles. The van der Waals surface area contributed by atoms with Gasteiger partial charge in [-0.05, 0) is 51.0 Å². The Kier molecular flexibility index (Phi) is 6.65. The number of aryl methyl sites for hydroxylation is 1. The number of nitrogens with zero attached hydrogens (tertiary/aromatic N) is 2. The molecule has 184 valence electrons. The van der Waals surface area contributed by atoms with Crippen LogP contribution in [0.25, 0.3) is 5.57 Å². The van der Waals surface area contributed by atoms with Gasteiger partial charge in [0.25, 0.3) is 11.8 Å². The number of rotatable bonds is 4.